The molecule has 1 fully saturated rings. The summed E-state index contributed by atoms with van der Waals surface area (Å²) in [5, 5.41) is 13.8. The van der Waals surface area contributed by atoms with Crippen LogP contribution in [-0.2, 0) is 11.2 Å². The third-order valence-electron chi connectivity index (χ3n) is 4.79. The van der Waals surface area contributed by atoms with Gasteiger partial charge in [0.25, 0.3) is 0 Å². The summed E-state index contributed by atoms with van der Waals surface area (Å²) < 4.78 is 0. The van der Waals surface area contributed by atoms with E-state index in [9.17, 15) is 9.90 Å². The number of carboxylic acids is 1. The van der Waals surface area contributed by atoms with Crippen molar-refractivity contribution in [1.82, 2.24) is 4.98 Å². The summed E-state index contributed by atoms with van der Waals surface area (Å²) in [5.41, 5.74) is 1.22. The molecule has 2 N–H and O–H groups in total. The highest BCUT2D eigenvalue weighted by Crippen LogP contribution is 2.39. The number of aliphatic carboxylic acids is 1. The molecule has 0 radical (unpaired) electrons. The van der Waals surface area contributed by atoms with Gasteiger partial charge in [0, 0.05) is 10.9 Å². The van der Waals surface area contributed by atoms with Crippen LogP contribution in [0.1, 0.15) is 68.9 Å². The van der Waals surface area contributed by atoms with E-state index in [1.54, 1.807) is 11.3 Å². The third-order valence-corrected chi connectivity index (χ3v) is 5.85. The Labute approximate surface area is 130 Å². The quantitative estimate of drug-likeness (QED) is 0.885. The van der Waals surface area contributed by atoms with Crippen LogP contribution in [0, 0.1) is 5.41 Å². The first-order valence-corrected chi connectivity index (χ1v) is 8.75. The Kier molecular flexibility index (Phi) is 3.95. The van der Waals surface area contributed by atoms with Crippen molar-refractivity contribution < 1.29 is 9.90 Å². The number of fused-ring (bicyclic) bond motifs is 1. The molecular formula is C16H24N2O2S. The zero-order valence-electron chi connectivity index (χ0n) is 12.8. The number of carbonyl (C=O) groups is 1. The van der Waals surface area contributed by atoms with E-state index in [1.165, 1.54) is 30.6 Å². The molecule has 5 heteroatoms. The molecule has 0 amide bonds. The Morgan fingerprint density at radius 1 is 1.38 bits per heavy atom. The van der Waals surface area contributed by atoms with E-state index in [-0.39, 0.29) is 0 Å². The number of anilines is 1. The predicted octanol–water partition coefficient (Wildman–Crippen LogP) is 4.03. The summed E-state index contributed by atoms with van der Waals surface area (Å²) >= 11 is 1.66. The number of aromatic nitrogens is 1. The van der Waals surface area contributed by atoms with Crippen molar-refractivity contribution in [2.75, 3.05) is 5.32 Å². The lowest BCUT2D eigenvalue weighted by Crippen LogP contribution is -2.31. The number of carboxylic acid groups (broad SMARTS) is 1. The molecule has 1 heterocycles. The van der Waals surface area contributed by atoms with Crippen LogP contribution >= 0.6 is 11.3 Å². The summed E-state index contributed by atoms with van der Waals surface area (Å²) in [5.74, 6) is -1.13. The molecule has 2 aliphatic rings. The number of hydrogen-bond donors (Lipinski definition) is 2. The van der Waals surface area contributed by atoms with Gasteiger partial charge in [0.05, 0.1) is 5.69 Å². The molecule has 1 aromatic heterocycles. The van der Waals surface area contributed by atoms with Gasteiger partial charge in [-0.1, -0.05) is 20.3 Å². The van der Waals surface area contributed by atoms with Gasteiger partial charge in [-0.3, -0.25) is 4.79 Å². The molecule has 2 atom stereocenters. The normalized spacial score (nSPS) is 27.9. The largest absolute Gasteiger partial charge is 0.481 e. The van der Waals surface area contributed by atoms with Crippen LogP contribution in [0.2, 0.25) is 0 Å². The van der Waals surface area contributed by atoms with E-state index in [1.807, 2.05) is 0 Å². The maximum absolute atomic E-state index is 11.3. The fraction of sp³-hybridized carbons (Fsp3) is 0.750. The zero-order valence-corrected chi connectivity index (χ0v) is 13.6. The Balaban J connectivity index is 1.74. The predicted molar refractivity (Wildman–Crippen MR) is 85.1 cm³/mol. The lowest BCUT2D eigenvalue weighted by atomic mass is 9.75. The number of hydrogen-bond acceptors (Lipinski definition) is 4. The van der Waals surface area contributed by atoms with E-state index >= 15 is 0 Å². The second-order valence-corrected chi connectivity index (χ2v) is 8.30. The Bertz CT molecular complexity index is 538. The maximum Gasteiger partial charge on any atom is 0.312 e. The van der Waals surface area contributed by atoms with E-state index in [0.29, 0.717) is 11.5 Å². The van der Waals surface area contributed by atoms with Crippen molar-refractivity contribution in [2.45, 2.75) is 70.8 Å². The van der Waals surface area contributed by atoms with Gasteiger partial charge in [0.2, 0.25) is 0 Å². The Hall–Kier alpha value is -1.10. The van der Waals surface area contributed by atoms with Crippen LogP contribution in [0.25, 0.3) is 0 Å². The number of nitrogens with one attached hydrogen (secondary N) is 1. The van der Waals surface area contributed by atoms with Crippen LogP contribution in [-0.4, -0.2) is 22.1 Å². The first kappa shape index (κ1) is 14.8. The van der Waals surface area contributed by atoms with Gasteiger partial charge < -0.3 is 10.4 Å². The second-order valence-electron chi connectivity index (χ2n) is 7.21. The molecule has 3 rings (SSSR count). The minimum Gasteiger partial charge on any atom is -0.481 e. The number of thiazole rings is 1. The van der Waals surface area contributed by atoms with Crippen LogP contribution in [0.5, 0.6) is 0 Å². The summed E-state index contributed by atoms with van der Waals surface area (Å²) in [6.07, 6.45) is 7.57. The molecule has 0 bridgehead atoms. The molecule has 0 aliphatic heterocycles. The van der Waals surface area contributed by atoms with Crippen molar-refractivity contribution >= 4 is 22.4 Å². The average molecular weight is 308 g/mol. The molecule has 21 heavy (non-hydrogen) atoms. The zero-order chi connectivity index (χ0) is 15.0. The van der Waals surface area contributed by atoms with Crippen LogP contribution < -0.4 is 5.32 Å². The van der Waals surface area contributed by atoms with Gasteiger partial charge in [-0.2, -0.15) is 0 Å². The highest BCUT2D eigenvalue weighted by molar-refractivity contribution is 7.15. The second kappa shape index (κ2) is 5.59. The molecule has 0 saturated heterocycles. The van der Waals surface area contributed by atoms with Crippen molar-refractivity contribution in [3.8, 4) is 0 Å². The van der Waals surface area contributed by atoms with Crippen molar-refractivity contribution in [1.29, 1.82) is 0 Å². The van der Waals surface area contributed by atoms with E-state index in [2.05, 4.69) is 24.1 Å². The smallest absolute Gasteiger partial charge is 0.312 e. The summed E-state index contributed by atoms with van der Waals surface area (Å²) in [4.78, 5) is 17.1. The summed E-state index contributed by atoms with van der Waals surface area (Å²) in [7, 11) is 0. The molecule has 1 aromatic rings. The van der Waals surface area contributed by atoms with E-state index in [4.69, 9.17) is 0 Å². The average Bonchev–Trinajstić information content (AvgIpc) is 2.78. The lowest BCUT2D eigenvalue weighted by molar-refractivity contribution is -0.139. The summed E-state index contributed by atoms with van der Waals surface area (Å²) in [6.45, 7) is 4.66. The van der Waals surface area contributed by atoms with Crippen LogP contribution in [0.4, 0.5) is 5.13 Å². The van der Waals surface area contributed by atoms with Crippen LogP contribution in [0.15, 0.2) is 0 Å². The minimum absolute atomic E-state index is 0.399. The lowest BCUT2D eigenvalue weighted by Gasteiger charge is -2.35. The highest BCUT2D eigenvalue weighted by Gasteiger charge is 2.32. The van der Waals surface area contributed by atoms with Gasteiger partial charge in [-0.25, -0.2) is 4.98 Å². The molecule has 0 aromatic carbocycles. The minimum atomic E-state index is -0.730. The molecule has 2 aliphatic carbocycles. The van der Waals surface area contributed by atoms with Gasteiger partial charge in [0.1, 0.15) is 5.92 Å². The van der Waals surface area contributed by atoms with Crippen molar-refractivity contribution in [3.63, 3.8) is 0 Å². The monoisotopic (exact) mass is 308 g/mol. The van der Waals surface area contributed by atoms with E-state index < -0.39 is 11.9 Å². The SMILES string of the molecule is CC1(C)CCCC(Nc2nc3c(s2)CCCC3C(=O)O)C1. The third kappa shape index (κ3) is 3.23. The molecule has 116 valence electrons. The molecule has 0 spiro atoms. The molecule has 4 nitrogen and oxygen atoms in total. The number of aryl methyl sites for hydroxylation is 1. The molecule has 2 unspecified atom stereocenters. The van der Waals surface area contributed by atoms with Gasteiger partial charge in [-0.15, -0.1) is 11.3 Å². The fourth-order valence-corrected chi connectivity index (χ4v) is 4.86. The topological polar surface area (TPSA) is 62.2 Å². The van der Waals surface area contributed by atoms with E-state index in [0.717, 1.165) is 30.1 Å². The molecular weight excluding hydrogens is 284 g/mol. The fourth-order valence-electron chi connectivity index (χ4n) is 3.72. The molecule has 1 saturated carbocycles. The van der Waals surface area contributed by atoms with Gasteiger partial charge in [-0.05, 0) is 43.9 Å². The Morgan fingerprint density at radius 3 is 2.90 bits per heavy atom. The van der Waals surface area contributed by atoms with Gasteiger partial charge in [0.15, 0.2) is 5.13 Å². The summed E-state index contributed by atoms with van der Waals surface area (Å²) in [6, 6.07) is 0.477. The first-order chi connectivity index (χ1) is 9.94. The van der Waals surface area contributed by atoms with Crippen molar-refractivity contribution in [3.05, 3.63) is 10.6 Å². The highest BCUT2D eigenvalue weighted by atomic mass is 32.1. The Morgan fingerprint density at radius 2 is 2.19 bits per heavy atom. The maximum atomic E-state index is 11.3. The van der Waals surface area contributed by atoms with Crippen molar-refractivity contribution in [2.24, 2.45) is 5.41 Å². The standard InChI is InChI=1S/C16H24N2O2S/c1-16(2)8-4-5-10(9-16)17-15-18-13-11(14(19)20)6-3-7-12(13)21-15/h10-11H,3-9H2,1-2H3,(H,17,18)(H,19,20). The number of rotatable bonds is 3. The van der Waals surface area contributed by atoms with Gasteiger partial charge >= 0.3 is 5.97 Å². The number of nitrogens with zero attached hydrogens (tertiary/aromatic N) is 1. The van der Waals surface area contributed by atoms with Crippen LogP contribution in [0.3, 0.4) is 0 Å². The first-order valence-electron chi connectivity index (χ1n) is 7.93.